The van der Waals surface area contributed by atoms with Crippen LogP contribution in [-0.4, -0.2) is 44.2 Å². The number of amides is 1. The van der Waals surface area contributed by atoms with Crippen molar-refractivity contribution in [1.29, 1.82) is 0 Å². The third-order valence-electron chi connectivity index (χ3n) is 5.67. The van der Waals surface area contributed by atoms with Gasteiger partial charge in [-0.05, 0) is 44.1 Å². The number of rotatable bonds is 2. The van der Waals surface area contributed by atoms with Gasteiger partial charge in [-0.2, -0.15) is 5.10 Å². The van der Waals surface area contributed by atoms with Gasteiger partial charge in [-0.25, -0.2) is 0 Å². The summed E-state index contributed by atoms with van der Waals surface area (Å²) in [5, 5.41) is 18.3. The zero-order chi connectivity index (χ0) is 17.4. The minimum absolute atomic E-state index is 0.0140. The van der Waals surface area contributed by atoms with Gasteiger partial charge < -0.3 is 10.0 Å². The maximum absolute atomic E-state index is 12.9. The number of likely N-dealkylation sites (tertiary alicyclic amines) is 1. The Morgan fingerprint density at radius 2 is 2.20 bits per heavy atom. The highest BCUT2D eigenvalue weighted by molar-refractivity contribution is 5.94. The molecule has 2 N–H and O–H groups in total. The number of piperidine rings is 1. The van der Waals surface area contributed by atoms with Gasteiger partial charge in [0.2, 0.25) is 0 Å². The second-order valence-electron chi connectivity index (χ2n) is 7.44. The van der Waals surface area contributed by atoms with Gasteiger partial charge in [-0.15, -0.1) is 0 Å². The molecule has 2 aromatic rings. The summed E-state index contributed by atoms with van der Waals surface area (Å²) in [6.45, 7) is 3.28. The number of H-pyrrole nitrogens is 1. The van der Waals surface area contributed by atoms with E-state index in [2.05, 4.69) is 22.1 Å². The monoisotopic (exact) mass is 340 g/mol. The SMILES string of the molecule is CC1CCc2[nH]nc(C(=O)N3CCC(O)(c4cccnc4)CC3)c2C1. The van der Waals surface area contributed by atoms with Gasteiger partial charge in [0.05, 0.1) is 5.60 Å². The maximum Gasteiger partial charge on any atom is 0.274 e. The van der Waals surface area contributed by atoms with Crippen molar-refractivity contribution in [2.45, 2.75) is 44.6 Å². The van der Waals surface area contributed by atoms with Gasteiger partial charge in [0.25, 0.3) is 5.91 Å². The van der Waals surface area contributed by atoms with Gasteiger partial charge in [0.1, 0.15) is 0 Å². The van der Waals surface area contributed by atoms with E-state index in [0.29, 0.717) is 37.5 Å². The highest BCUT2D eigenvalue weighted by atomic mass is 16.3. The molecule has 1 aliphatic heterocycles. The Kier molecular flexibility index (Phi) is 4.07. The maximum atomic E-state index is 12.9. The topological polar surface area (TPSA) is 82.1 Å². The van der Waals surface area contributed by atoms with E-state index in [1.165, 1.54) is 0 Å². The third-order valence-corrected chi connectivity index (χ3v) is 5.67. The summed E-state index contributed by atoms with van der Waals surface area (Å²) in [6.07, 6.45) is 7.49. The van der Waals surface area contributed by atoms with Crippen molar-refractivity contribution in [2.24, 2.45) is 5.92 Å². The van der Waals surface area contributed by atoms with E-state index in [9.17, 15) is 9.90 Å². The van der Waals surface area contributed by atoms with Crippen molar-refractivity contribution >= 4 is 5.91 Å². The van der Waals surface area contributed by atoms with Crippen LogP contribution >= 0.6 is 0 Å². The Balaban J connectivity index is 1.48. The molecule has 0 bridgehead atoms. The summed E-state index contributed by atoms with van der Waals surface area (Å²) in [5.74, 6) is 0.577. The average molecular weight is 340 g/mol. The van der Waals surface area contributed by atoms with Crippen LogP contribution in [0.25, 0.3) is 0 Å². The van der Waals surface area contributed by atoms with Crippen molar-refractivity contribution < 1.29 is 9.90 Å². The zero-order valence-electron chi connectivity index (χ0n) is 14.5. The molecule has 3 heterocycles. The Morgan fingerprint density at radius 3 is 2.92 bits per heavy atom. The van der Waals surface area contributed by atoms with Crippen molar-refractivity contribution in [2.75, 3.05) is 13.1 Å². The van der Waals surface area contributed by atoms with Gasteiger partial charge in [-0.1, -0.05) is 13.0 Å². The van der Waals surface area contributed by atoms with Crippen molar-refractivity contribution in [3.63, 3.8) is 0 Å². The van der Waals surface area contributed by atoms with Crippen LogP contribution in [0.1, 0.15) is 53.5 Å². The Labute approximate surface area is 147 Å². The Hall–Kier alpha value is -2.21. The first kappa shape index (κ1) is 16.3. The minimum atomic E-state index is -0.898. The molecule has 0 radical (unpaired) electrons. The first-order valence-corrected chi connectivity index (χ1v) is 9.05. The summed E-state index contributed by atoms with van der Waals surface area (Å²) in [4.78, 5) is 18.9. The molecule has 1 unspecified atom stereocenters. The lowest BCUT2D eigenvalue weighted by molar-refractivity contribution is -0.0215. The van der Waals surface area contributed by atoms with Gasteiger partial charge in [0.15, 0.2) is 5.69 Å². The van der Waals surface area contributed by atoms with Crippen molar-refractivity contribution in [3.8, 4) is 0 Å². The number of carbonyl (C=O) groups excluding carboxylic acids is 1. The molecule has 1 amide bonds. The fourth-order valence-corrected chi connectivity index (χ4v) is 4.00. The first-order chi connectivity index (χ1) is 12.1. The van der Waals surface area contributed by atoms with E-state index < -0.39 is 5.60 Å². The summed E-state index contributed by atoms with van der Waals surface area (Å²) in [7, 11) is 0. The first-order valence-electron chi connectivity index (χ1n) is 9.05. The number of fused-ring (bicyclic) bond motifs is 1. The molecule has 1 fully saturated rings. The van der Waals surface area contributed by atoms with Gasteiger partial charge >= 0.3 is 0 Å². The number of hydrogen-bond donors (Lipinski definition) is 2. The fraction of sp³-hybridized carbons (Fsp3) is 0.526. The van der Waals surface area contributed by atoms with Crippen LogP contribution in [0.5, 0.6) is 0 Å². The summed E-state index contributed by atoms with van der Waals surface area (Å²) in [5.41, 5.74) is 2.72. The molecule has 6 heteroatoms. The lowest BCUT2D eigenvalue weighted by Crippen LogP contribution is -2.45. The molecule has 1 aliphatic carbocycles. The molecular weight excluding hydrogens is 316 g/mol. The molecule has 6 nitrogen and oxygen atoms in total. The summed E-state index contributed by atoms with van der Waals surface area (Å²) >= 11 is 0. The second kappa shape index (κ2) is 6.26. The predicted octanol–water partition coefficient (Wildman–Crippen LogP) is 2.05. The standard InChI is InChI=1S/C19H24N4O2/c1-13-4-5-16-15(11-13)17(22-21-16)18(24)23-9-6-19(25,7-10-23)14-3-2-8-20-12-14/h2-3,8,12-13,25H,4-7,9-11H2,1H3,(H,21,22). The molecule has 1 saturated heterocycles. The third kappa shape index (κ3) is 2.95. The average Bonchev–Trinajstić information content (AvgIpc) is 3.05. The van der Waals surface area contributed by atoms with Crippen molar-refractivity contribution in [1.82, 2.24) is 20.1 Å². The van der Waals surface area contributed by atoms with Crippen LogP contribution < -0.4 is 0 Å². The molecule has 1 atom stereocenters. The highest BCUT2D eigenvalue weighted by Gasteiger charge is 2.37. The van der Waals surface area contributed by atoms with Crippen LogP contribution in [-0.2, 0) is 18.4 Å². The normalized spacial score (nSPS) is 22.5. The number of aryl methyl sites for hydroxylation is 1. The Bertz CT molecular complexity index is 763. The zero-order valence-corrected chi connectivity index (χ0v) is 14.5. The number of aromatic nitrogens is 3. The van der Waals surface area contributed by atoms with E-state index >= 15 is 0 Å². The lowest BCUT2D eigenvalue weighted by atomic mass is 9.85. The predicted molar refractivity (Wildman–Crippen MR) is 93.0 cm³/mol. The summed E-state index contributed by atoms with van der Waals surface area (Å²) in [6, 6.07) is 3.73. The molecule has 2 aliphatic rings. The largest absolute Gasteiger partial charge is 0.385 e. The van der Waals surface area contributed by atoms with E-state index in [1.807, 2.05) is 17.0 Å². The smallest absolute Gasteiger partial charge is 0.274 e. The fourth-order valence-electron chi connectivity index (χ4n) is 4.00. The molecule has 132 valence electrons. The van der Waals surface area contributed by atoms with E-state index in [4.69, 9.17) is 0 Å². The van der Waals surface area contributed by atoms with Crippen LogP contribution in [0.15, 0.2) is 24.5 Å². The van der Waals surface area contributed by atoms with Crippen LogP contribution in [0.2, 0.25) is 0 Å². The summed E-state index contributed by atoms with van der Waals surface area (Å²) < 4.78 is 0. The molecule has 2 aromatic heterocycles. The molecule has 4 rings (SSSR count). The number of aromatic amines is 1. The molecule has 25 heavy (non-hydrogen) atoms. The molecule has 0 aromatic carbocycles. The van der Waals surface area contributed by atoms with E-state index in [1.54, 1.807) is 12.4 Å². The Morgan fingerprint density at radius 1 is 1.40 bits per heavy atom. The molecule has 0 spiro atoms. The quantitative estimate of drug-likeness (QED) is 0.877. The van der Waals surface area contributed by atoms with Crippen LogP contribution in [0, 0.1) is 5.92 Å². The molecular formula is C19H24N4O2. The van der Waals surface area contributed by atoms with E-state index in [0.717, 1.165) is 36.1 Å². The van der Waals surface area contributed by atoms with Crippen LogP contribution in [0.4, 0.5) is 0 Å². The minimum Gasteiger partial charge on any atom is -0.385 e. The number of pyridine rings is 1. The number of carbonyl (C=O) groups is 1. The number of hydrogen-bond acceptors (Lipinski definition) is 4. The number of nitrogens with zero attached hydrogens (tertiary/aromatic N) is 3. The van der Waals surface area contributed by atoms with Gasteiger partial charge in [0, 0.05) is 42.3 Å². The number of aliphatic hydroxyl groups is 1. The van der Waals surface area contributed by atoms with Crippen molar-refractivity contribution in [3.05, 3.63) is 47.0 Å². The van der Waals surface area contributed by atoms with E-state index in [-0.39, 0.29) is 5.91 Å². The lowest BCUT2D eigenvalue weighted by Gasteiger charge is -2.38. The van der Waals surface area contributed by atoms with Crippen LogP contribution in [0.3, 0.4) is 0 Å². The number of nitrogens with one attached hydrogen (secondary N) is 1. The second-order valence-corrected chi connectivity index (χ2v) is 7.44. The molecule has 0 saturated carbocycles. The van der Waals surface area contributed by atoms with Gasteiger partial charge in [-0.3, -0.25) is 14.9 Å². The highest BCUT2D eigenvalue weighted by Crippen LogP contribution is 2.33.